The molecule has 0 saturated carbocycles. The first-order chi connectivity index (χ1) is 8.16. The summed E-state index contributed by atoms with van der Waals surface area (Å²) in [6.45, 7) is 12.5. The second kappa shape index (κ2) is 6.19. The summed E-state index contributed by atoms with van der Waals surface area (Å²) in [4.78, 5) is 5.34. The van der Waals surface area contributed by atoms with Gasteiger partial charge in [-0.1, -0.05) is 0 Å². The summed E-state index contributed by atoms with van der Waals surface area (Å²) in [7, 11) is 0. The fourth-order valence-electron chi connectivity index (χ4n) is 3.52. The molecule has 0 N–H and O–H groups in total. The first-order valence-corrected chi connectivity index (χ1v) is 7.65. The van der Waals surface area contributed by atoms with Gasteiger partial charge in [-0.25, -0.2) is 0 Å². The van der Waals surface area contributed by atoms with Gasteiger partial charge in [0.1, 0.15) is 0 Å². The van der Waals surface area contributed by atoms with Crippen LogP contribution in [0.15, 0.2) is 0 Å². The molecule has 1 unspecified atom stereocenters. The van der Waals surface area contributed by atoms with E-state index in [9.17, 15) is 0 Å². The minimum atomic E-state index is 0.743. The number of likely N-dealkylation sites (tertiary alicyclic amines) is 2. The second-order valence-electron chi connectivity index (χ2n) is 6.40. The minimum Gasteiger partial charge on any atom is -0.301 e. The summed E-state index contributed by atoms with van der Waals surface area (Å²) >= 11 is 0. The fraction of sp³-hybridized carbons (Fsp3) is 1.00. The maximum absolute atomic E-state index is 2.70. The molecule has 17 heavy (non-hydrogen) atoms. The topological polar surface area (TPSA) is 6.48 Å². The zero-order valence-electron chi connectivity index (χ0n) is 12.0. The Labute approximate surface area is 107 Å². The van der Waals surface area contributed by atoms with Crippen molar-refractivity contribution in [3.63, 3.8) is 0 Å². The molecule has 0 aromatic rings. The molecule has 0 aliphatic carbocycles. The summed E-state index contributed by atoms with van der Waals surface area (Å²) in [5, 5.41) is 0. The Kier molecular flexibility index (Phi) is 4.87. The Morgan fingerprint density at radius 2 is 1.47 bits per heavy atom. The first kappa shape index (κ1) is 13.4. The monoisotopic (exact) mass is 238 g/mol. The van der Waals surface area contributed by atoms with Crippen molar-refractivity contribution in [1.82, 2.24) is 9.80 Å². The van der Waals surface area contributed by atoms with Gasteiger partial charge in [-0.3, -0.25) is 0 Å². The van der Waals surface area contributed by atoms with Crippen molar-refractivity contribution in [2.75, 3.05) is 26.2 Å². The van der Waals surface area contributed by atoms with E-state index in [4.69, 9.17) is 0 Å². The van der Waals surface area contributed by atoms with Crippen LogP contribution in [0.4, 0.5) is 0 Å². The van der Waals surface area contributed by atoms with E-state index < -0.39 is 0 Å². The quantitative estimate of drug-likeness (QED) is 0.743. The lowest BCUT2D eigenvalue weighted by Crippen LogP contribution is -2.40. The molecular formula is C15H30N2. The number of rotatable bonds is 4. The number of hydrogen-bond acceptors (Lipinski definition) is 2. The Hall–Kier alpha value is -0.0800. The van der Waals surface area contributed by atoms with E-state index >= 15 is 0 Å². The average Bonchev–Trinajstić information content (AvgIpc) is 2.83. The Morgan fingerprint density at radius 3 is 2.00 bits per heavy atom. The van der Waals surface area contributed by atoms with Crippen LogP contribution in [0.2, 0.25) is 0 Å². The molecule has 100 valence electrons. The van der Waals surface area contributed by atoms with E-state index in [-0.39, 0.29) is 0 Å². The predicted molar refractivity (Wildman–Crippen MR) is 74.3 cm³/mol. The summed E-state index contributed by atoms with van der Waals surface area (Å²) < 4.78 is 0. The molecule has 2 rings (SSSR count). The molecule has 2 fully saturated rings. The molecule has 1 atom stereocenters. The molecule has 2 aliphatic rings. The molecule has 0 aromatic heterocycles. The van der Waals surface area contributed by atoms with Gasteiger partial charge in [0.15, 0.2) is 0 Å². The Balaban J connectivity index is 1.70. The maximum Gasteiger partial charge on any atom is 0.00695 e. The molecule has 0 bridgehead atoms. The fourth-order valence-corrected chi connectivity index (χ4v) is 3.52. The van der Waals surface area contributed by atoms with Crippen LogP contribution in [0.25, 0.3) is 0 Å². The lowest BCUT2D eigenvalue weighted by atomic mass is 9.90. The van der Waals surface area contributed by atoms with Crippen molar-refractivity contribution in [3.8, 4) is 0 Å². The lowest BCUT2D eigenvalue weighted by molar-refractivity contribution is 0.125. The van der Waals surface area contributed by atoms with E-state index in [0.29, 0.717) is 0 Å². The van der Waals surface area contributed by atoms with Gasteiger partial charge >= 0.3 is 0 Å². The molecule has 0 amide bonds. The Morgan fingerprint density at radius 1 is 0.882 bits per heavy atom. The van der Waals surface area contributed by atoms with Crippen molar-refractivity contribution in [2.45, 2.75) is 65.0 Å². The first-order valence-electron chi connectivity index (χ1n) is 7.65. The van der Waals surface area contributed by atoms with Crippen molar-refractivity contribution < 1.29 is 0 Å². The highest BCUT2D eigenvalue weighted by Crippen LogP contribution is 2.26. The van der Waals surface area contributed by atoms with Crippen LogP contribution in [0.1, 0.15) is 52.9 Å². The van der Waals surface area contributed by atoms with Gasteiger partial charge in [0, 0.05) is 12.1 Å². The normalized spacial score (nSPS) is 26.8. The number of hydrogen-bond donors (Lipinski definition) is 0. The molecule has 2 heteroatoms. The Bertz CT molecular complexity index is 213. The van der Waals surface area contributed by atoms with Crippen LogP contribution in [-0.2, 0) is 0 Å². The second-order valence-corrected chi connectivity index (χ2v) is 6.40. The van der Waals surface area contributed by atoms with E-state index in [1.165, 1.54) is 58.3 Å². The van der Waals surface area contributed by atoms with Crippen LogP contribution in [0, 0.1) is 5.92 Å². The molecule has 0 spiro atoms. The molecule has 2 aliphatic heterocycles. The van der Waals surface area contributed by atoms with Crippen LogP contribution in [0.3, 0.4) is 0 Å². The zero-order valence-corrected chi connectivity index (χ0v) is 12.0. The maximum atomic E-state index is 2.70. The van der Waals surface area contributed by atoms with Crippen LogP contribution in [0.5, 0.6) is 0 Å². The average molecular weight is 238 g/mol. The molecule has 0 radical (unpaired) electrons. The molecular weight excluding hydrogens is 208 g/mol. The van der Waals surface area contributed by atoms with Crippen molar-refractivity contribution >= 4 is 0 Å². The molecule has 2 heterocycles. The van der Waals surface area contributed by atoms with Crippen molar-refractivity contribution in [3.05, 3.63) is 0 Å². The van der Waals surface area contributed by atoms with Crippen LogP contribution in [-0.4, -0.2) is 48.1 Å². The summed E-state index contributed by atoms with van der Waals surface area (Å²) in [5.74, 6) is 0.987. The largest absolute Gasteiger partial charge is 0.301 e. The lowest BCUT2D eigenvalue weighted by Gasteiger charge is -2.36. The van der Waals surface area contributed by atoms with Crippen LogP contribution < -0.4 is 0 Å². The predicted octanol–water partition coefficient (Wildman–Crippen LogP) is 2.98. The third-order valence-corrected chi connectivity index (χ3v) is 4.82. The van der Waals surface area contributed by atoms with Gasteiger partial charge in [-0.2, -0.15) is 0 Å². The van der Waals surface area contributed by atoms with Gasteiger partial charge in [-0.15, -0.1) is 0 Å². The van der Waals surface area contributed by atoms with E-state index in [2.05, 4.69) is 30.6 Å². The highest BCUT2D eigenvalue weighted by atomic mass is 15.2. The van der Waals surface area contributed by atoms with Gasteiger partial charge in [-0.05, 0) is 85.0 Å². The summed E-state index contributed by atoms with van der Waals surface area (Å²) in [5.41, 5.74) is 0. The summed E-state index contributed by atoms with van der Waals surface area (Å²) in [6.07, 6.45) is 7.14. The van der Waals surface area contributed by atoms with Gasteiger partial charge in [0.25, 0.3) is 0 Å². The molecule has 2 nitrogen and oxygen atoms in total. The van der Waals surface area contributed by atoms with Crippen LogP contribution >= 0.6 is 0 Å². The SMILES string of the molecule is CC(C)N1CCC(CC(C)N2CCCC2)CC1. The molecule has 2 saturated heterocycles. The third-order valence-electron chi connectivity index (χ3n) is 4.82. The molecule has 0 aromatic carbocycles. The number of nitrogens with zero attached hydrogens (tertiary/aromatic N) is 2. The van der Waals surface area contributed by atoms with Crippen molar-refractivity contribution in [2.24, 2.45) is 5.92 Å². The van der Waals surface area contributed by atoms with E-state index in [0.717, 1.165) is 18.0 Å². The van der Waals surface area contributed by atoms with E-state index in [1.807, 2.05) is 0 Å². The minimum absolute atomic E-state index is 0.743. The van der Waals surface area contributed by atoms with Gasteiger partial charge in [0.2, 0.25) is 0 Å². The van der Waals surface area contributed by atoms with Crippen molar-refractivity contribution in [1.29, 1.82) is 0 Å². The smallest absolute Gasteiger partial charge is 0.00695 e. The standard InChI is InChI=1S/C15H30N2/c1-13(2)16-10-6-15(7-11-16)12-14(3)17-8-4-5-9-17/h13-15H,4-12H2,1-3H3. The zero-order chi connectivity index (χ0) is 12.3. The van der Waals surface area contributed by atoms with Gasteiger partial charge in [0.05, 0.1) is 0 Å². The number of piperidine rings is 1. The van der Waals surface area contributed by atoms with Gasteiger partial charge < -0.3 is 9.80 Å². The third kappa shape index (κ3) is 3.69. The summed E-state index contributed by atoms with van der Waals surface area (Å²) in [6, 6.07) is 1.57. The van der Waals surface area contributed by atoms with E-state index in [1.54, 1.807) is 0 Å². The highest BCUT2D eigenvalue weighted by Gasteiger charge is 2.25. The highest BCUT2D eigenvalue weighted by molar-refractivity contribution is 4.80.